The van der Waals surface area contributed by atoms with Gasteiger partial charge in [0.05, 0.1) is 7.11 Å². The molecule has 2 amide bonds. The van der Waals surface area contributed by atoms with Crippen LogP contribution in [-0.2, 0) is 11.2 Å². The monoisotopic (exact) mass is 477 g/mol. The first-order valence-electron chi connectivity index (χ1n) is 11.3. The van der Waals surface area contributed by atoms with Gasteiger partial charge in [-0.25, -0.2) is 0 Å². The molecule has 1 atom stereocenters. The molecule has 1 heterocycles. The molecule has 7 heteroatoms. The molecule has 0 aromatic heterocycles. The number of piperazine rings is 1. The number of methoxy groups -OCH3 is 1. The Bertz CT molecular complexity index is 1100. The number of hydrogen-bond acceptors (Lipinski definition) is 4. The molecule has 1 fully saturated rings. The van der Waals surface area contributed by atoms with Gasteiger partial charge in [-0.1, -0.05) is 41.9 Å². The van der Waals surface area contributed by atoms with E-state index >= 15 is 0 Å². The van der Waals surface area contributed by atoms with Crippen LogP contribution in [0.4, 0.5) is 5.69 Å². The maximum absolute atomic E-state index is 13.5. The van der Waals surface area contributed by atoms with Crippen LogP contribution in [0.25, 0.3) is 0 Å². The van der Waals surface area contributed by atoms with E-state index in [0.29, 0.717) is 30.1 Å². The lowest BCUT2D eigenvalue weighted by molar-refractivity contribution is -0.133. The molecule has 0 spiro atoms. The highest BCUT2D eigenvalue weighted by molar-refractivity contribution is 6.30. The van der Waals surface area contributed by atoms with E-state index in [1.807, 2.05) is 59.5 Å². The minimum Gasteiger partial charge on any atom is -0.497 e. The largest absolute Gasteiger partial charge is 0.497 e. The number of halogens is 1. The summed E-state index contributed by atoms with van der Waals surface area (Å²) < 4.78 is 5.24. The van der Waals surface area contributed by atoms with E-state index < -0.39 is 6.04 Å². The smallest absolute Gasteiger partial charge is 0.251 e. The SMILES string of the molecule is COc1ccc(N2CCN(C(=O)[C@@H](Cc3ccccc3)NC(=O)c3ccc(Cl)cc3)CC2)cc1. The summed E-state index contributed by atoms with van der Waals surface area (Å²) in [4.78, 5) is 30.5. The summed E-state index contributed by atoms with van der Waals surface area (Å²) >= 11 is 5.95. The molecule has 1 saturated heterocycles. The number of rotatable bonds is 7. The Hall–Kier alpha value is -3.51. The molecule has 3 aromatic carbocycles. The number of ether oxygens (including phenoxy) is 1. The molecule has 0 bridgehead atoms. The van der Waals surface area contributed by atoms with Gasteiger partial charge in [-0.3, -0.25) is 9.59 Å². The number of carbonyl (C=O) groups is 2. The fourth-order valence-corrected chi connectivity index (χ4v) is 4.22. The van der Waals surface area contributed by atoms with E-state index in [-0.39, 0.29) is 11.8 Å². The van der Waals surface area contributed by atoms with Crippen molar-refractivity contribution in [1.82, 2.24) is 10.2 Å². The van der Waals surface area contributed by atoms with Crippen LogP contribution >= 0.6 is 11.6 Å². The lowest BCUT2D eigenvalue weighted by Gasteiger charge is -2.37. The van der Waals surface area contributed by atoms with Gasteiger partial charge < -0.3 is 19.9 Å². The second-order valence-corrected chi connectivity index (χ2v) is 8.67. The van der Waals surface area contributed by atoms with Gasteiger partial charge in [-0.15, -0.1) is 0 Å². The predicted octanol–water partition coefficient (Wildman–Crippen LogP) is 4.04. The minimum absolute atomic E-state index is 0.0689. The predicted molar refractivity (Wildman–Crippen MR) is 135 cm³/mol. The Balaban J connectivity index is 1.44. The average Bonchev–Trinajstić information content (AvgIpc) is 2.89. The van der Waals surface area contributed by atoms with Gasteiger partial charge in [-0.2, -0.15) is 0 Å². The number of carbonyl (C=O) groups excluding carboxylic acids is 2. The van der Waals surface area contributed by atoms with Crippen LogP contribution in [0, 0.1) is 0 Å². The lowest BCUT2D eigenvalue weighted by atomic mass is 10.0. The van der Waals surface area contributed by atoms with Crippen LogP contribution in [0.3, 0.4) is 0 Å². The molecule has 0 aliphatic carbocycles. The Morgan fingerprint density at radius 3 is 2.18 bits per heavy atom. The van der Waals surface area contributed by atoms with Crippen LogP contribution in [-0.4, -0.2) is 56.0 Å². The van der Waals surface area contributed by atoms with E-state index in [4.69, 9.17) is 16.3 Å². The topological polar surface area (TPSA) is 61.9 Å². The van der Waals surface area contributed by atoms with Gasteiger partial charge in [0.1, 0.15) is 11.8 Å². The number of amides is 2. The molecular formula is C27H28ClN3O3. The lowest BCUT2D eigenvalue weighted by Crippen LogP contribution is -2.55. The Labute approximate surface area is 205 Å². The highest BCUT2D eigenvalue weighted by Crippen LogP contribution is 2.21. The summed E-state index contributed by atoms with van der Waals surface area (Å²) in [5.74, 6) is 0.459. The van der Waals surface area contributed by atoms with Crippen molar-refractivity contribution in [3.05, 3.63) is 95.0 Å². The van der Waals surface area contributed by atoms with Crippen molar-refractivity contribution in [3.8, 4) is 5.75 Å². The van der Waals surface area contributed by atoms with E-state index in [2.05, 4.69) is 10.2 Å². The molecule has 1 N–H and O–H groups in total. The molecule has 6 nitrogen and oxygen atoms in total. The molecule has 1 aliphatic rings. The van der Waals surface area contributed by atoms with E-state index in [1.165, 1.54) is 0 Å². The van der Waals surface area contributed by atoms with Crippen LogP contribution in [0.15, 0.2) is 78.9 Å². The third kappa shape index (κ3) is 5.88. The molecule has 4 rings (SSSR count). The van der Waals surface area contributed by atoms with Crippen molar-refractivity contribution in [1.29, 1.82) is 0 Å². The third-order valence-corrected chi connectivity index (χ3v) is 6.27. The zero-order valence-corrected chi connectivity index (χ0v) is 19.9. The standard InChI is InChI=1S/C27H28ClN3O3/c1-34-24-13-11-23(12-14-24)30-15-17-31(18-16-30)27(33)25(19-20-5-3-2-4-6-20)29-26(32)21-7-9-22(28)10-8-21/h2-14,25H,15-19H2,1H3,(H,29,32)/t25-/m1/s1. The van der Waals surface area contributed by atoms with Gasteiger partial charge in [0.2, 0.25) is 5.91 Å². The minimum atomic E-state index is -0.655. The first-order chi connectivity index (χ1) is 16.5. The second kappa shape index (κ2) is 11.1. The van der Waals surface area contributed by atoms with E-state index in [9.17, 15) is 9.59 Å². The maximum Gasteiger partial charge on any atom is 0.251 e. The molecule has 0 saturated carbocycles. The first-order valence-corrected chi connectivity index (χ1v) is 11.7. The highest BCUT2D eigenvalue weighted by atomic mass is 35.5. The van der Waals surface area contributed by atoms with Crippen LogP contribution in [0.2, 0.25) is 5.02 Å². The van der Waals surface area contributed by atoms with Gasteiger partial charge in [0.25, 0.3) is 5.91 Å². The van der Waals surface area contributed by atoms with Crippen LogP contribution in [0.1, 0.15) is 15.9 Å². The summed E-state index contributed by atoms with van der Waals surface area (Å²) in [7, 11) is 1.65. The summed E-state index contributed by atoms with van der Waals surface area (Å²) in [5, 5.41) is 3.51. The van der Waals surface area contributed by atoms with Crippen molar-refractivity contribution < 1.29 is 14.3 Å². The van der Waals surface area contributed by atoms with Gasteiger partial charge in [-0.05, 0) is 54.1 Å². The van der Waals surface area contributed by atoms with Crippen molar-refractivity contribution in [2.75, 3.05) is 38.2 Å². The second-order valence-electron chi connectivity index (χ2n) is 8.23. The fourth-order valence-electron chi connectivity index (χ4n) is 4.09. The summed E-state index contributed by atoms with van der Waals surface area (Å²) in [6.07, 6.45) is 0.428. The summed E-state index contributed by atoms with van der Waals surface area (Å²) in [6.45, 7) is 2.63. The average molecular weight is 478 g/mol. The fraction of sp³-hybridized carbons (Fsp3) is 0.259. The third-order valence-electron chi connectivity index (χ3n) is 6.02. The summed E-state index contributed by atoms with van der Waals surface area (Å²) in [5.41, 5.74) is 2.57. The Morgan fingerprint density at radius 2 is 1.56 bits per heavy atom. The highest BCUT2D eigenvalue weighted by Gasteiger charge is 2.29. The van der Waals surface area contributed by atoms with E-state index in [0.717, 1.165) is 30.1 Å². The maximum atomic E-state index is 13.5. The van der Waals surface area contributed by atoms with Crippen molar-refractivity contribution in [2.45, 2.75) is 12.5 Å². The van der Waals surface area contributed by atoms with Crippen molar-refractivity contribution >= 4 is 29.1 Å². The first kappa shape index (κ1) is 23.6. The van der Waals surface area contributed by atoms with Crippen LogP contribution in [0.5, 0.6) is 5.75 Å². The van der Waals surface area contributed by atoms with Gasteiger partial charge >= 0.3 is 0 Å². The quantitative estimate of drug-likeness (QED) is 0.558. The number of benzene rings is 3. The van der Waals surface area contributed by atoms with E-state index in [1.54, 1.807) is 31.4 Å². The van der Waals surface area contributed by atoms with Crippen LogP contribution < -0.4 is 15.0 Å². The number of nitrogens with zero attached hydrogens (tertiary/aromatic N) is 2. The zero-order valence-electron chi connectivity index (χ0n) is 19.1. The molecule has 1 aliphatic heterocycles. The van der Waals surface area contributed by atoms with Crippen molar-refractivity contribution in [2.24, 2.45) is 0 Å². The zero-order chi connectivity index (χ0) is 23.9. The number of nitrogens with one attached hydrogen (secondary N) is 1. The molecule has 34 heavy (non-hydrogen) atoms. The Morgan fingerprint density at radius 1 is 0.912 bits per heavy atom. The number of anilines is 1. The van der Waals surface area contributed by atoms with Crippen molar-refractivity contribution in [3.63, 3.8) is 0 Å². The molecule has 0 unspecified atom stereocenters. The van der Waals surface area contributed by atoms with Gasteiger partial charge in [0, 0.05) is 48.9 Å². The Kier molecular flexibility index (Phi) is 7.70. The normalized spacial score (nSPS) is 14.4. The molecular weight excluding hydrogens is 450 g/mol. The summed E-state index contributed by atoms with van der Waals surface area (Å²) in [6, 6.07) is 23.7. The van der Waals surface area contributed by atoms with Gasteiger partial charge in [0.15, 0.2) is 0 Å². The molecule has 3 aromatic rings. The molecule has 176 valence electrons. The molecule has 0 radical (unpaired) electrons. The number of hydrogen-bond donors (Lipinski definition) is 1.